The summed E-state index contributed by atoms with van der Waals surface area (Å²) in [5, 5.41) is 2.98. The standard InChI is InChI=1S/C15H24N2O7/c1-2-10-6-7-16-11(9-10)13(18)22-14(19)15(20)24-17-23-12-5-3-4-8-21-12/h10-12,16-17H,2-9H2,1H3/t10-,11+,12-/m1/s1. The largest absolute Gasteiger partial charge is 0.438 e. The van der Waals surface area contributed by atoms with E-state index in [0.29, 0.717) is 31.9 Å². The van der Waals surface area contributed by atoms with Crippen LogP contribution in [-0.4, -0.2) is 43.4 Å². The summed E-state index contributed by atoms with van der Waals surface area (Å²) in [7, 11) is 0. The number of carbonyl (C=O) groups is 3. The van der Waals surface area contributed by atoms with Gasteiger partial charge in [-0.2, -0.15) is 0 Å². The minimum atomic E-state index is -1.39. The van der Waals surface area contributed by atoms with E-state index in [2.05, 4.69) is 14.9 Å². The number of hydrogen-bond donors (Lipinski definition) is 2. The highest BCUT2D eigenvalue weighted by atomic mass is 17.0. The number of esters is 2. The van der Waals surface area contributed by atoms with Gasteiger partial charge in [-0.1, -0.05) is 13.3 Å². The van der Waals surface area contributed by atoms with Gasteiger partial charge >= 0.3 is 17.9 Å². The van der Waals surface area contributed by atoms with E-state index in [1.54, 1.807) is 0 Å². The zero-order valence-electron chi connectivity index (χ0n) is 13.7. The SMILES string of the molecule is CC[C@@H]1CCN[C@H](C(=O)OC(=O)C(=O)ONO[C@@H]2CCCCO2)C1. The van der Waals surface area contributed by atoms with Gasteiger partial charge in [-0.25, -0.2) is 19.2 Å². The summed E-state index contributed by atoms with van der Waals surface area (Å²) in [5.74, 6) is -3.12. The molecule has 2 saturated heterocycles. The van der Waals surface area contributed by atoms with E-state index in [9.17, 15) is 14.4 Å². The van der Waals surface area contributed by atoms with Crippen LogP contribution in [0.15, 0.2) is 0 Å². The average molecular weight is 344 g/mol. The molecule has 0 saturated carbocycles. The smallest absolute Gasteiger partial charge is 0.383 e. The van der Waals surface area contributed by atoms with Gasteiger partial charge in [0.2, 0.25) is 0 Å². The molecule has 0 radical (unpaired) electrons. The lowest BCUT2D eigenvalue weighted by atomic mass is 9.90. The highest BCUT2D eigenvalue weighted by Gasteiger charge is 2.31. The molecular weight excluding hydrogens is 320 g/mol. The van der Waals surface area contributed by atoms with E-state index in [1.807, 2.05) is 12.6 Å². The van der Waals surface area contributed by atoms with Gasteiger partial charge in [0, 0.05) is 13.0 Å². The van der Waals surface area contributed by atoms with Crippen LogP contribution in [0.3, 0.4) is 0 Å². The van der Waals surface area contributed by atoms with Crippen LogP contribution in [0.4, 0.5) is 0 Å². The van der Waals surface area contributed by atoms with Gasteiger partial charge in [-0.3, -0.25) is 0 Å². The van der Waals surface area contributed by atoms with E-state index in [4.69, 9.17) is 9.57 Å². The zero-order valence-corrected chi connectivity index (χ0v) is 13.7. The lowest BCUT2D eigenvalue weighted by Crippen LogP contribution is -2.45. The Morgan fingerprint density at radius 3 is 2.75 bits per heavy atom. The third-order valence-corrected chi connectivity index (χ3v) is 4.19. The van der Waals surface area contributed by atoms with Gasteiger partial charge in [0.1, 0.15) is 6.04 Å². The Kier molecular flexibility index (Phi) is 7.57. The van der Waals surface area contributed by atoms with Crippen LogP contribution in [0, 0.1) is 5.92 Å². The van der Waals surface area contributed by atoms with Crippen molar-refractivity contribution in [3.05, 3.63) is 0 Å². The Balaban J connectivity index is 1.66. The second-order valence-corrected chi connectivity index (χ2v) is 5.90. The monoisotopic (exact) mass is 344 g/mol. The predicted molar refractivity (Wildman–Crippen MR) is 79.8 cm³/mol. The van der Waals surface area contributed by atoms with Crippen LogP contribution in [0.2, 0.25) is 0 Å². The molecule has 0 bridgehead atoms. The molecule has 2 heterocycles. The fourth-order valence-corrected chi connectivity index (χ4v) is 2.71. The molecule has 0 spiro atoms. The molecular formula is C15H24N2O7. The highest BCUT2D eigenvalue weighted by molar-refractivity contribution is 6.31. The molecule has 2 aliphatic heterocycles. The molecule has 0 aromatic carbocycles. The Hall–Kier alpha value is -1.55. The molecule has 2 rings (SSSR count). The number of rotatable bonds is 5. The Labute approximate surface area is 140 Å². The molecule has 9 nitrogen and oxygen atoms in total. The molecule has 0 aliphatic carbocycles. The van der Waals surface area contributed by atoms with Gasteiger partial charge in [0.05, 0.1) is 0 Å². The summed E-state index contributed by atoms with van der Waals surface area (Å²) in [4.78, 5) is 44.3. The van der Waals surface area contributed by atoms with E-state index in [-0.39, 0.29) is 0 Å². The van der Waals surface area contributed by atoms with E-state index >= 15 is 0 Å². The maximum absolute atomic E-state index is 11.9. The second-order valence-electron chi connectivity index (χ2n) is 5.90. The van der Waals surface area contributed by atoms with Crippen molar-refractivity contribution in [3.63, 3.8) is 0 Å². The van der Waals surface area contributed by atoms with Crippen LogP contribution < -0.4 is 11.0 Å². The quantitative estimate of drug-likeness (QED) is 0.315. The van der Waals surface area contributed by atoms with E-state index in [1.165, 1.54) is 0 Å². The maximum atomic E-state index is 11.9. The lowest BCUT2D eigenvalue weighted by Gasteiger charge is -2.27. The van der Waals surface area contributed by atoms with E-state index < -0.39 is 30.2 Å². The average Bonchev–Trinajstić information content (AvgIpc) is 2.62. The molecule has 2 aliphatic rings. The first-order valence-corrected chi connectivity index (χ1v) is 8.32. The van der Waals surface area contributed by atoms with Crippen molar-refractivity contribution in [1.82, 2.24) is 11.0 Å². The summed E-state index contributed by atoms with van der Waals surface area (Å²) in [6.07, 6.45) is 4.50. The van der Waals surface area contributed by atoms with Crippen LogP contribution in [0.1, 0.15) is 45.4 Å². The number of nitrogens with one attached hydrogen (secondary N) is 2. The Morgan fingerprint density at radius 2 is 2.04 bits per heavy atom. The van der Waals surface area contributed by atoms with Crippen molar-refractivity contribution in [3.8, 4) is 0 Å². The number of ether oxygens (including phenoxy) is 2. The van der Waals surface area contributed by atoms with Crippen LogP contribution in [0.25, 0.3) is 0 Å². The van der Waals surface area contributed by atoms with Gasteiger partial charge in [0.15, 0.2) is 6.29 Å². The topological polar surface area (TPSA) is 112 Å². The van der Waals surface area contributed by atoms with Crippen molar-refractivity contribution in [2.75, 3.05) is 13.2 Å². The Bertz CT molecular complexity index is 451. The van der Waals surface area contributed by atoms with Gasteiger partial charge in [-0.05, 0) is 43.8 Å². The van der Waals surface area contributed by atoms with Crippen molar-refractivity contribution < 1.29 is 33.5 Å². The van der Waals surface area contributed by atoms with Gasteiger partial charge in [-0.15, -0.1) is 0 Å². The molecule has 3 atom stereocenters. The first-order valence-electron chi connectivity index (χ1n) is 8.32. The molecule has 136 valence electrons. The molecule has 2 fully saturated rings. The van der Waals surface area contributed by atoms with E-state index in [0.717, 1.165) is 25.7 Å². The molecule has 0 aromatic heterocycles. The molecule has 0 amide bonds. The maximum Gasteiger partial charge on any atom is 0.438 e. The van der Waals surface area contributed by atoms with Crippen LogP contribution in [0.5, 0.6) is 0 Å². The number of piperidine rings is 1. The fraction of sp³-hybridized carbons (Fsp3) is 0.800. The Morgan fingerprint density at radius 1 is 1.21 bits per heavy atom. The summed E-state index contributed by atoms with van der Waals surface area (Å²) in [5.41, 5.74) is 1.90. The molecule has 2 N–H and O–H groups in total. The highest BCUT2D eigenvalue weighted by Crippen LogP contribution is 2.20. The van der Waals surface area contributed by atoms with Crippen LogP contribution >= 0.6 is 0 Å². The summed E-state index contributed by atoms with van der Waals surface area (Å²) < 4.78 is 9.78. The van der Waals surface area contributed by atoms with Gasteiger partial charge < -0.3 is 19.6 Å². The molecule has 24 heavy (non-hydrogen) atoms. The third kappa shape index (κ3) is 5.82. The molecule has 0 unspecified atom stereocenters. The fourth-order valence-electron chi connectivity index (χ4n) is 2.71. The van der Waals surface area contributed by atoms with Crippen molar-refractivity contribution >= 4 is 17.9 Å². The lowest BCUT2D eigenvalue weighted by molar-refractivity contribution is -0.268. The minimum absolute atomic E-state index is 0.399. The van der Waals surface area contributed by atoms with Crippen LogP contribution in [-0.2, 0) is 33.5 Å². The third-order valence-electron chi connectivity index (χ3n) is 4.19. The minimum Gasteiger partial charge on any atom is -0.383 e. The summed E-state index contributed by atoms with van der Waals surface area (Å²) in [6, 6.07) is -0.583. The number of carbonyl (C=O) groups excluding carboxylic acids is 3. The van der Waals surface area contributed by atoms with Gasteiger partial charge in [0.25, 0.3) is 0 Å². The summed E-state index contributed by atoms with van der Waals surface area (Å²) >= 11 is 0. The normalized spacial score (nSPS) is 27.3. The number of hydrogen-bond acceptors (Lipinski definition) is 9. The predicted octanol–water partition coefficient (Wildman–Crippen LogP) is 0.340. The molecule has 0 aromatic rings. The zero-order chi connectivity index (χ0) is 17.4. The molecule has 9 heteroatoms. The van der Waals surface area contributed by atoms with Crippen molar-refractivity contribution in [2.45, 2.75) is 57.8 Å². The second kappa shape index (κ2) is 9.67. The first-order chi connectivity index (χ1) is 11.6. The first kappa shape index (κ1) is 18.8. The summed E-state index contributed by atoms with van der Waals surface area (Å²) in [6.45, 7) is 3.28. The van der Waals surface area contributed by atoms with Crippen molar-refractivity contribution in [2.24, 2.45) is 5.92 Å². The van der Waals surface area contributed by atoms with Crippen molar-refractivity contribution in [1.29, 1.82) is 0 Å².